The van der Waals surface area contributed by atoms with Crippen molar-refractivity contribution in [2.75, 3.05) is 19.6 Å². The van der Waals surface area contributed by atoms with Crippen LogP contribution < -0.4 is 5.32 Å². The number of aryl methyl sites for hydroxylation is 1. The first-order valence-electron chi connectivity index (χ1n) is 7.52. The number of carbonyl (C=O) groups is 3. The maximum absolute atomic E-state index is 12.5. The number of rotatable bonds is 2. The summed E-state index contributed by atoms with van der Waals surface area (Å²) in [7, 11) is 0. The molecular weight excluding hydrogens is 282 g/mol. The van der Waals surface area contributed by atoms with Crippen molar-refractivity contribution in [3.8, 4) is 0 Å². The van der Waals surface area contributed by atoms with Gasteiger partial charge in [0.2, 0.25) is 5.91 Å². The molecule has 22 heavy (non-hydrogen) atoms. The molecule has 0 atom stereocenters. The zero-order chi connectivity index (χ0) is 15.7. The Bertz CT molecular complexity index is 605. The van der Waals surface area contributed by atoms with Crippen molar-refractivity contribution < 1.29 is 14.4 Å². The Labute approximate surface area is 129 Å². The molecule has 0 radical (unpaired) electrons. The molecule has 2 saturated heterocycles. The second-order valence-electron chi connectivity index (χ2n) is 5.76. The van der Waals surface area contributed by atoms with Gasteiger partial charge in [0.15, 0.2) is 0 Å². The molecule has 1 N–H and O–H groups in total. The highest BCUT2D eigenvalue weighted by Crippen LogP contribution is 2.21. The number of urea groups is 1. The van der Waals surface area contributed by atoms with Gasteiger partial charge in [-0.3, -0.25) is 14.5 Å². The smallest absolute Gasteiger partial charge is 0.324 e. The first kappa shape index (κ1) is 14.6. The SMILES string of the molecule is Cc1ccccc1C(=O)N1CCC(N2C(=O)CNC2=O)CC1. The average molecular weight is 301 g/mol. The van der Waals surface area contributed by atoms with Gasteiger partial charge >= 0.3 is 6.03 Å². The van der Waals surface area contributed by atoms with Gasteiger partial charge in [-0.1, -0.05) is 18.2 Å². The Morgan fingerprint density at radius 3 is 2.45 bits per heavy atom. The molecule has 1 aromatic carbocycles. The van der Waals surface area contributed by atoms with Crippen LogP contribution in [0.3, 0.4) is 0 Å². The first-order chi connectivity index (χ1) is 10.6. The predicted molar refractivity (Wildman–Crippen MR) is 80.3 cm³/mol. The van der Waals surface area contributed by atoms with Crippen LogP contribution in [0.2, 0.25) is 0 Å². The minimum Gasteiger partial charge on any atom is -0.338 e. The highest BCUT2D eigenvalue weighted by molar-refractivity contribution is 6.02. The Hall–Kier alpha value is -2.37. The van der Waals surface area contributed by atoms with Crippen molar-refractivity contribution in [2.24, 2.45) is 0 Å². The summed E-state index contributed by atoms with van der Waals surface area (Å²) in [4.78, 5) is 39.1. The van der Waals surface area contributed by atoms with E-state index in [1.54, 1.807) is 4.90 Å². The first-order valence-corrected chi connectivity index (χ1v) is 7.52. The van der Waals surface area contributed by atoms with E-state index in [9.17, 15) is 14.4 Å². The summed E-state index contributed by atoms with van der Waals surface area (Å²) < 4.78 is 0. The van der Waals surface area contributed by atoms with Crippen LogP contribution in [0.1, 0.15) is 28.8 Å². The normalized spacial score (nSPS) is 19.5. The molecule has 2 aliphatic heterocycles. The standard InChI is InChI=1S/C16H19N3O3/c1-11-4-2-3-5-13(11)15(21)18-8-6-12(7-9-18)19-14(20)10-17-16(19)22/h2-5,12H,6-10H2,1H3,(H,17,22). The number of benzene rings is 1. The average Bonchev–Trinajstić information content (AvgIpc) is 2.86. The molecular formula is C16H19N3O3. The fraction of sp³-hybridized carbons (Fsp3) is 0.438. The Morgan fingerprint density at radius 2 is 1.86 bits per heavy atom. The molecule has 0 aromatic heterocycles. The maximum Gasteiger partial charge on any atom is 0.324 e. The van der Waals surface area contributed by atoms with E-state index in [0.717, 1.165) is 11.1 Å². The van der Waals surface area contributed by atoms with Crippen molar-refractivity contribution in [2.45, 2.75) is 25.8 Å². The third-order valence-electron chi connectivity index (χ3n) is 4.37. The number of likely N-dealkylation sites (tertiary alicyclic amines) is 1. The number of nitrogens with one attached hydrogen (secondary N) is 1. The van der Waals surface area contributed by atoms with Crippen LogP contribution in [0, 0.1) is 6.92 Å². The molecule has 0 spiro atoms. The minimum absolute atomic E-state index is 0.0220. The van der Waals surface area contributed by atoms with E-state index >= 15 is 0 Å². The maximum atomic E-state index is 12.5. The second kappa shape index (κ2) is 5.79. The summed E-state index contributed by atoms with van der Waals surface area (Å²) in [5.41, 5.74) is 1.68. The Morgan fingerprint density at radius 1 is 1.18 bits per heavy atom. The summed E-state index contributed by atoms with van der Waals surface area (Å²) in [6, 6.07) is 7.12. The Kier molecular flexibility index (Phi) is 3.83. The van der Waals surface area contributed by atoms with E-state index in [1.807, 2.05) is 31.2 Å². The number of nitrogens with zero attached hydrogens (tertiary/aromatic N) is 2. The van der Waals surface area contributed by atoms with E-state index in [2.05, 4.69) is 5.32 Å². The molecule has 2 heterocycles. The van der Waals surface area contributed by atoms with Gasteiger partial charge in [-0.25, -0.2) is 4.79 Å². The summed E-state index contributed by atoms with van der Waals surface area (Å²) >= 11 is 0. The van der Waals surface area contributed by atoms with Crippen LogP contribution in [0.15, 0.2) is 24.3 Å². The second-order valence-corrected chi connectivity index (χ2v) is 5.76. The molecule has 6 nitrogen and oxygen atoms in total. The van der Waals surface area contributed by atoms with E-state index in [4.69, 9.17) is 0 Å². The molecule has 3 rings (SSSR count). The van der Waals surface area contributed by atoms with Crippen LogP contribution in [-0.4, -0.2) is 53.3 Å². The van der Waals surface area contributed by atoms with E-state index in [-0.39, 0.29) is 30.4 Å². The van der Waals surface area contributed by atoms with Crippen molar-refractivity contribution in [3.63, 3.8) is 0 Å². The van der Waals surface area contributed by atoms with Gasteiger partial charge in [-0.05, 0) is 31.4 Å². The van der Waals surface area contributed by atoms with E-state index in [0.29, 0.717) is 25.9 Å². The zero-order valence-corrected chi connectivity index (χ0v) is 12.5. The number of hydrogen-bond donors (Lipinski definition) is 1. The van der Waals surface area contributed by atoms with Gasteiger partial charge in [0, 0.05) is 24.7 Å². The number of piperidine rings is 1. The monoisotopic (exact) mass is 301 g/mol. The molecule has 0 saturated carbocycles. The van der Waals surface area contributed by atoms with Crippen LogP contribution >= 0.6 is 0 Å². The molecule has 6 heteroatoms. The number of hydrogen-bond acceptors (Lipinski definition) is 3. The fourth-order valence-electron chi connectivity index (χ4n) is 3.11. The summed E-state index contributed by atoms with van der Waals surface area (Å²) in [6.45, 7) is 3.14. The van der Waals surface area contributed by atoms with Crippen molar-refractivity contribution in [1.29, 1.82) is 0 Å². The highest BCUT2D eigenvalue weighted by Gasteiger charge is 2.37. The largest absolute Gasteiger partial charge is 0.338 e. The lowest BCUT2D eigenvalue weighted by Gasteiger charge is -2.35. The highest BCUT2D eigenvalue weighted by atomic mass is 16.2. The number of imide groups is 1. The van der Waals surface area contributed by atoms with Crippen LogP contribution in [0.4, 0.5) is 4.79 Å². The van der Waals surface area contributed by atoms with Gasteiger partial charge in [-0.2, -0.15) is 0 Å². The minimum atomic E-state index is -0.311. The van der Waals surface area contributed by atoms with Gasteiger partial charge in [0.05, 0.1) is 6.54 Å². The van der Waals surface area contributed by atoms with Crippen LogP contribution in [0.5, 0.6) is 0 Å². The molecule has 1 aromatic rings. The summed E-state index contributed by atoms with van der Waals surface area (Å²) in [5.74, 6) is -0.151. The molecule has 116 valence electrons. The quantitative estimate of drug-likeness (QED) is 0.833. The Balaban J connectivity index is 1.65. The zero-order valence-electron chi connectivity index (χ0n) is 12.5. The van der Waals surface area contributed by atoms with Crippen molar-refractivity contribution >= 4 is 17.8 Å². The fourth-order valence-corrected chi connectivity index (χ4v) is 3.11. The summed E-state index contributed by atoms with van der Waals surface area (Å²) in [5, 5.41) is 2.54. The molecule has 2 aliphatic rings. The van der Waals surface area contributed by atoms with E-state index in [1.165, 1.54) is 4.90 Å². The lowest BCUT2D eigenvalue weighted by atomic mass is 10.0. The van der Waals surface area contributed by atoms with E-state index < -0.39 is 0 Å². The lowest BCUT2D eigenvalue weighted by molar-refractivity contribution is -0.127. The molecule has 2 fully saturated rings. The number of carbonyl (C=O) groups excluding carboxylic acids is 3. The third-order valence-corrected chi connectivity index (χ3v) is 4.37. The predicted octanol–water partition coefficient (Wildman–Crippen LogP) is 1.15. The van der Waals surface area contributed by atoms with Crippen LogP contribution in [0.25, 0.3) is 0 Å². The van der Waals surface area contributed by atoms with Gasteiger partial charge < -0.3 is 10.2 Å². The van der Waals surface area contributed by atoms with Crippen molar-refractivity contribution in [3.05, 3.63) is 35.4 Å². The van der Waals surface area contributed by atoms with Gasteiger partial charge in [0.25, 0.3) is 5.91 Å². The molecule has 0 bridgehead atoms. The summed E-state index contributed by atoms with van der Waals surface area (Å²) in [6.07, 6.45) is 1.27. The van der Waals surface area contributed by atoms with Crippen LogP contribution in [-0.2, 0) is 4.79 Å². The van der Waals surface area contributed by atoms with Gasteiger partial charge in [-0.15, -0.1) is 0 Å². The molecule has 0 unspecified atom stereocenters. The molecule has 0 aliphatic carbocycles. The topological polar surface area (TPSA) is 69.7 Å². The molecule has 4 amide bonds. The van der Waals surface area contributed by atoms with Crippen molar-refractivity contribution in [1.82, 2.24) is 15.1 Å². The lowest BCUT2D eigenvalue weighted by Crippen LogP contribution is -2.49. The third kappa shape index (κ3) is 2.56. The van der Waals surface area contributed by atoms with Gasteiger partial charge in [0.1, 0.15) is 0 Å². The number of amides is 4.